The summed E-state index contributed by atoms with van der Waals surface area (Å²) < 4.78 is 9.83. The van der Waals surface area contributed by atoms with Gasteiger partial charge in [-0.2, -0.15) is 4.98 Å². The van der Waals surface area contributed by atoms with Crippen molar-refractivity contribution in [3.8, 4) is 17.2 Å². The second-order valence-electron chi connectivity index (χ2n) is 3.29. The van der Waals surface area contributed by atoms with Gasteiger partial charge in [0.05, 0.1) is 12.0 Å². The molecule has 1 aromatic heterocycles. The predicted octanol–water partition coefficient (Wildman–Crippen LogP) is 1.96. The number of rotatable bonds is 3. The number of nitro benzene ring substituents is 1. The van der Waals surface area contributed by atoms with E-state index in [1.807, 2.05) is 0 Å². The van der Waals surface area contributed by atoms with Crippen LogP contribution in [0, 0.1) is 17.0 Å². The van der Waals surface area contributed by atoms with Crippen molar-refractivity contribution in [2.24, 2.45) is 0 Å². The zero-order valence-electron chi connectivity index (χ0n) is 9.21. The van der Waals surface area contributed by atoms with Gasteiger partial charge in [0.2, 0.25) is 0 Å². The zero-order chi connectivity index (χ0) is 12.4. The topological polar surface area (TPSA) is 91.3 Å². The van der Waals surface area contributed by atoms with E-state index >= 15 is 0 Å². The van der Waals surface area contributed by atoms with Crippen LogP contribution in [0.2, 0.25) is 0 Å². The fraction of sp³-hybridized carbons (Fsp3) is 0.200. The molecule has 0 fully saturated rings. The third kappa shape index (κ3) is 2.07. The van der Waals surface area contributed by atoms with Crippen molar-refractivity contribution in [1.82, 2.24) is 10.1 Å². The zero-order valence-corrected chi connectivity index (χ0v) is 9.21. The maximum absolute atomic E-state index is 10.8. The number of hydrogen-bond acceptors (Lipinski definition) is 6. The SMILES string of the molecule is COc1ccc(-c2nc(C)no2)cc1[N+](=O)[O-]. The number of hydrogen-bond donors (Lipinski definition) is 0. The van der Waals surface area contributed by atoms with Gasteiger partial charge in [0.25, 0.3) is 5.89 Å². The number of benzene rings is 1. The second kappa shape index (κ2) is 4.20. The molecular weight excluding hydrogens is 226 g/mol. The summed E-state index contributed by atoms with van der Waals surface area (Å²) in [5.41, 5.74) is 0.346. The van der Waals surface area contributed by atoms with Crippen LogP contribution in [0.25, 0.3) is 11.5 Å². The number of nitrogens with zero attached hydrogens (tertiary/aromatic N) is 3. The Balaban J connectivity index is 2.50. The lowest BCUT2D eigenvalue weighted by molar-refractivity contribution is -0.385. The summed E-state index contributed by atoms with van der Waals surface area (Å²) in [6.45, 7) is 1.67. The van der Waals surface area contributed by atoms with Gasteiger partial charge in [0.1, 0.15) is 0 Å². The number of nitro groups is 1. The fourth-order valence-corrected chi connectivity index (χ4v) is 1.38. The molecule has 0 saturated heterocycles. The summed E-state index contributed by atoms with van der Waals surface area (Å²) in [4.78, 5) is 14.3. The highest BCUT2D eigenvalue weighted by atomic mass is 16.6. The van der Waals surface area contributed by atoms with Crippen LogP contribution in [-0.2, 0) is 0 Å². The van der Waals surface area contributed by atoms with E-state index in [1.54, 1.807) is 13.0 Å². The minimum absolute atomic E-state index is 0.138. The van der Waals surface area contributed by atoms with E-state index in [9.17, 15) is 10.1 Å². The monoisotopic (exact) mass is 235 g/mol. The molecule has 0 N–H and O–H groups in total. The number of methoxy groups -OCH3 is 1. The summed E-state index contributed by atoms with van der Waals surface area (Å²) in [6, 6.07) is 4.46. The first kappa shape index (κ1) is 11.1. The van der Waals surface area contributed by atoms with Crippen LogP contribution in [0.1, 0.15) is 5.82 Å². The Labute approximate surface area is 96.2 Å². The largest absolute Gasteiger partial charge is 0.490 e. The van der Waals surface area contributed by atoms with E-state index in [4.69, 9.17) is 9.26 Å². The van der Waals surface area contributed by atoms with Crippen LogP contribution < -0.4 is 4.74 Å². The van der Waals surface area contributed by atoms with Gasteiger partial charge in [-0.15, -0.1) is 0 Å². The minimum Gasteiger partial charge on any atom is -0.490 e. The van der Waals surface area contributed by atoms with Gasteiger partial charge in [-0.05, 0) is 19.1 Å². The predicted molar refractivity (Wildman–Crippen MR) is 57.7 cm³/mol. The Morgan fingerprint density at radius 3 is 2.76 bits per heavy atom. The Bertz CT molecular complexity index is 564. The molecule has 7 nitrogen and oxygen atoms in total. The Morgan fingerprint density at radius 1 is 1.47 bits per heavy atom. The molecule has 0 radical (unpaired) electrons. The van der Waals surface area contributed by atoms with E-state index in [0.717, 1.165) is 0 Å². The first-order valence-electron chi connectivity index (χ1n) is 4.75. The van der Waals surface area contributed by atoms with Crippen LogP contribution >= 0.6 is 0 Å². The summed E-state index contributed by atoms with van der Waals surface area (Å²) >= 11 is 0. The van der Waals surface area contributed by atoms with E-state index in [1.165, 1.54) is 19.2 Å². The first-order valence-corrected chi connectivity index (χ1v) is 4.75. The molecule has 7 heteroatoms. The molecule has 0 atom stereocenters. The van der Waals surface area contributed by atoms with Gasteiger partial charge in [-0.3, -0.25) is 10.1 Å². The lowest BCUT2D eigenvalue weighted by Gasteiger charge is -2.01. The molecule has 0 bridgehead atoms. The van der Waals surface area contributed by atoms with Crippen LogP contribution in [0.3, 0.4) is 0 Å². The molecule has 0 aliphatic heterocycles. The molecule has 0 amide bonds. The fourth-order valence-electron chi connectivity index (χ4n) is 1.38. The van der Waals surface area contributed by atoms with E-state index in [-0.39, 0.29) is 17.3 Å². The first-order chi connectivity index (χ1) is 8.11. The van der Waals surface area contributed by atoms with Crippen molar-refractivity contribution < 1.29 is 14.2 Å². The molecule has 0 unspecified atom stereocenters. The van der Waals surface area contributed by atoms with Crippen molar-refractivity contribution in [3.05, 3.63) is 34.1 Å². The lowest BCUT2D eigenvalue weighted by atomic mass is 10.2. The molecule has 0 aliphatic rings. The highest BCUT2D eigenvalue weighted by molar-refractivity contribution is 5.62. The van der Waals surface area contributed by atoms with Crippen molar-refractivity contribution in [2.45, 2.75) is 6.92 Å². The Kier molecular flexibility index (Phi) is 2.73. The van der Waals surface area contributed by atoms with Crippen molar-refractivity contribution in [3.63, 3.8) is 0 Å². The van der Waals surface area contributed by atoms with Crippen LogP contribution in [0.5, 0.6) is 5.75 Å². The normalized spacial score (nSPS) is 10.2. The number of ether oxygens (including phenoxy) is 1. The average Bonchev–Trinajstić information content (AvgIpc) is 2.75. The molecule has 17 heavy (non-hydrogen) atoms. The highest BCUT2D eigenvalue weighted by Gasteiger charge is 2.17. The second-order valence-corrected chi connectivity index (χ2v) is 3.29. The summed E-state index contributed by atoms with van der Waals surface area (Å²) in [5, 5.41) is 14.5. The van der Waals surface area contributed by atoms with E-state index < -0.39 is 4.92 Å². The molecule has 0 aliphatic carbocycles. The smallest absolute Gasteiger partial charge is 0.311 e. The van der Waals surface area contributed by atoms with Gasteiger partial charge >= 0.3 is 5.69 Å². The number of aryl methyl sites for hydroxylation is 1. The average molecular weight is 235 g/mol. The summed E-state index contributed by atoms with van der Waals surface area (Å²) in [6.07, 6.45) is 0. The van der Waals surface area contributed by atoms with E-state index in [0.29, 0.717) is 11.4 Å². The third-order valence-corrected chi connectivity index (χ3v) is 2.15. The summed E-state index contributed by atoms with van der Waals surface area (Å²) in [5.74, 6) is 0.904. The van der Waals surface area contributed by atoms with Crippen molar-refractivity contribution >= 4 is 5.69 Å². The third-order valence-electron chi connectivity index (χ3n) is 2.15. The van der Waals surface area contributed by atoms with Gasteiger partial charge in [-0.1, -0.05) is 5.16 Å². The van der Waals surface area contributed by atoms with Crippen LogP contribution in [-0.4, -0.2) is 22.2 Å². The Morgan fingerprint density at radius 2 is 2.24 bits per heavy atom. The van der Waals surface area contributed by atoms with Gasteiger partial charge in [0, 0.05) is 11.6 Å². The van der Waals surface area contributed by atoms with Crippen LogP contribution in [0.4, 0.5) is 5.69 Å². The van der Waals surface area contributed by atoms with Gasteiger partial charge in [-0.25, -0.2) is 0 Å². The van der Waals surface area contributed by atoms with Gasteiger partial charge < -0.3 is 9.26 Å². The number of aromatic nitrogens is 2. The summed E-state index contributed by atoms with van der Waals surface area (Å²) in [7, 11) is 1.37. The molecule has 0 spiro atoms. The standard InChI is InChI=1S/C10H9N3O4/c1-6-11-10(17-12-6)7-3-4-9(16-2)8(5-7)13(14)15/h3-5H,1-2H3. The van der Waals surface area contributed by atoms with Gasteiger partial charge in [0.15, 0.2) is 11.6 Å². The molecule has 0 saturated carbocycles. The molecule has 2 rings (SSSR count). The maximum Gasteiger partial charge on any atom is 0.311 e. The molecular formula is C10H9N3O4. The molecule has 1 heterocycles. The highest BCUT2D eigenvalue weighted by Crippen LogP contribution is 2.31. The lowest BCUT2D eigenvalue weighted by Crippen LogP contribution is -1.94. The van der Waals surface area contributed by atoms with Crippen LogP contribution in [0.15, 0.2) is 22.7 Å². The Hall–Kier alpha value is -2.44. The molecule has 1 aromatic carbocycles. The molecule has 88 valence electrons. The minimum atomic E-state index is -0.522. The van der Waals surface area contributed by atoms with E-state index in [2.05, 4.69) is 10.1 Å². The maximum atomic E-state index is 10.8. The quantitative estimate of drug-likeness (QED) is 0.596. The van der Waals surface area contributed by atoms with Crippen molar-refractivity contribution in [2.75, 3.05) is 7.11 Å². The van der Waals surface area contributed by atoms with Crippen molar-refractivity contribution in [1.29, 1.82) is 0 Å². The molecule has 2 aromatic rings.